The maximum atomic E-state index is 11.9. The Morgan fingerprint density at radius 3 is 2.32 bits per heavy atom. The molecule has 0 aliphatic rings. The Bertz CT molecular complexity index is 555. The number of allylic oxidation sites excluding steroid dienone is 1. The lowest BCUT2D eigenvalue weighted by Gasteiger charge is -2.21. The highest BCUT2D eigenvalue weighted by Crippen LogP contribution is 2.16. The van der Waals surface area contributed by atoms with Crippen LogP contribution in [0.15, 0.2) is 47.2 Å². The second-order valence-electron chi connectivity index (χ2n) is 6.19. The molecule has 0 unspecified atom stereocenters. The highest BCUT2D eigenvalue weighted by molar-refractivity contribution is 6.04. The molecule has 1 aromatic rings. The van der Waals surface area contributed by atoms with Crippen molar-refractivity contribution >= 4 is 17.5 Å². The van der Waals surface area contributed by atoms with Crippen molar-refractivity contribution in [2.75, 3.05) is 0 Å². The fourth-order valence-electron chi connectivity index (χ4n) is 1.75. The molecule has 0 aliphatic heterocycles. The molecule has 0 bridgehead atoms. The molecule has 3 N–H and O–H groups in total. The molecule has 0 aromatic heterocycles. The summed E-state index contributed by atoms with van der Waals surface area (Å²) >= 11 is 0. The Hall–Kier alpha value is -2.30. The number of nitrogens with one attached hydrogen (secondary N) is 1. The number of rotatable bonds is 4. The predicted octanol–water partition coefficient (Wildman–Crippen LogP) is 3.74. The zero-order valence-electron chi connectivity index (χ0n) is 13.9. The quantitative estimate of drug-likeness (QED) is 0.832. The third-order valence-corrected chi connectivity index (χ3v) is 2.63. The molecule has 5 nitrogen and oxygen atoms in total. The minimum Gasteiger partial charge on any atom is -0.444 e. The largest absolute Gasteiger partial charge is 0.444 e. The first-order valence-corrected chi connectivity index (χ1v) is 7.29. The first-order valence-electron chi connectivity index (χ1n) is 7.29. The van der Waals surface area contributed by atoms with E-state index in [1.807, 2.05) is 44.2 Å². The van der Waals surface area contributed by atoms with Gasteiger partial charge in [-0.1, -0.05) is 32.0 Å². The van der Waals surface area contributed by atoms with Crippen molar-refractivity contribution in [3.8, 4) is 0 Å². The van der Waals surface area contributed by atoms with Crippen molar-refractivity contribution in [3.05, 3.63) is 42.2 Å². The second kappa shape index (κ2) is 7.64. The summed E-state index contributed by atoms with van der Waals surface area (Å²) in [4.78, 5) is 16.5. The monoisotopic (exact) mass is 303 g/mol. The Labute approximate surface area is 132 Å². The number of hydrogen-bond acceptors (Lipinski definition) is 4. The van der Waals surface area contributed by atoms with E-state index in [4.69, 9.17) is 10.5 Å². The standard InChI is InChI=1S/C17H25N3O2/c1-12(2)15(19-13-9-7-6-8-10-13)14(11-18)20-16(21)22-17(3,4)5/h6-12H,18H2,1-5H3,(H,20,21)/b14-11+,19-15?. The molecule has 0 spiro atoms. The third-order valence-electron chi connectivity index (χ3n) is 2.63. The molecule has 0 saturated carbocycles. The number of carbonyl (C=O) groups excluding carboxylic acids is 1. The van der Waals surface area contributed by atoms with Gasteiger partial charge in [0.2, 0.25) is 0 Å². The highest BCUT2D eigenvalue weighted by atomic mass is 16.6. The minimum atomic E-state index is -0.571. The molecule has 22 heavy (non-hydrogen) atoms. The number of carbonyl (C=O) groups is 1. The summed E-state index contributed by atoms with van der Waals surface area (Å²) in [5.41, 5.74) is 7.04. The van der Waals surface area contributed by atoms with Crippen LogP contribution in [0.4, 0.5) is 10.5 Å². The van der Waals surface area contributed by atoms with E-state index in [0.717, 1.165) is 5.69 Å². The van der Waals surface area contributed by atoms with E-state index in [0.29, 0.717) is 11.4 Å². The van der Waals surface area contributed by atoms with Crippen LogP contribution in [0.25, 0.3) is 0 Å². The number of hydrogen-bond donors (Lipinski definition) is 2. The number of nitrogens with two attached hydrogens (primary N) is 1. The fraction of sp³-hybridized carbons (Fsp3) is 0.412. The van der Waals surface area contributed by atoms with Crippen LogP contribution in [0.5, 0.6) is 0 Å². The smallest absolute Gasteiger partial charge is 0.412 e. The summed E-state index contributed by atoms with van der Waals surface area (Å²) < 4.78 is 5.25. The van der Waals surface area contributed by atoms with Crippen molar-refractivity contribution in [1.82, 2.24) is 5.32 Å². The molecule has 5 heteroatoms. The van der Waals surface area contributed by atoms with Crippen molar-refractivity contribution in [1.29, 1.82) is 0 Å². The van der Waals surface area contributed by atoms with Gasteiger partial charge in [0.15, 0.2) is 0 Å². The third kappa shape index (κ3) is 5.99. The number of para-hydroxylation sites is 1. The van der Waals surface area contributed by atoms with Crippen LogP contribution in [-0.4, -0.2) is 17.4 Å². The van der Waals surface area contributed by atoms with Crippen LogP contribution in [0.3, 0.4) is 0 Å². The summed E-state index contributed by atoms with van der Waals surface area (Å²) in [6, 6.07) is 9.52. The predicted molar refractivity (Wildman–Crippen MR) is 90.0 cm³/mol. The van der Waals surface area contributed by atoms with Gasteiger partial charge in [0.25, 0.3) is 0 Å². The van der Waals surface area contributed by atoms with Crippen molar-refractivity contribution in [3.63, 3.8) is 0 Å². The van der Waals surface area contributed by atoms with Gasteiger partial charge in [0, 0.05) is 6.20 Å². The van der Waals surface area contributed by atoms with Crippen molar-refractivity contribution < 1.29 is 9.53 Å². The lowest BCUT2D eigenvalue weighted by molar-refractivity contribution is 0.0548. The molecule has 1 rings (SSSR count). The van der Waals surface area contributed by atoms with Gasteiger partial charge in [0.05, 0.1) is 17.1 Å². The van der Waals surface area contributed by atoms with E-state index in [1.165, 1.54) is 6.20 Å². The first-order chi connectivity index (χ1) is 10.2. The summed E-state index contributed by atoms with van der Waals surface area (Å²) in [6.07, 6.45) is 0.789. The number of amides is 1. The summed E-state index contributed by atoms with van der Waals surface area (Å²) in [5, 5.41) is 2.67. The highest BCUT2D eigenvalue weighted by Gasteiger charge is 2.20. The molecule has 0 saturated heterocycles. The van der Waals surface area contributed by atoms with Crippen LogP contribution >= 0.6 is 0 Å². The van der Waals surface area contributed by atoms with Gasteiger partial charge in [-0.2, -0.15) is 0 Å². The van der Waals surface area contributed by atoms with Gasteiger partial charge < -0.3 is 10.5 Å². The van der Waals surface area contributed by atoms with Gasteiger partial charge in [-0.15, -0.1) is 0 Å². The lowest BCUT2D eigenvalue weighted by atomic mass is 10.1. The molecule has 0 heterocycles. The SMILES string of the molecule is CC(C)C(=Nc1ccccc1)/C(=C\N)NC(=O)OC(C)(C)C. The number of benzene rings is 1. The Morgan fingerprint density at radius 1 is 1.27 bits per heavy atom. The molecular weight excluding hydrogens is 278 g/mol. The fourth-order valence-corrected chi connectivity index (χ4v) is 1.75. The second-order valence-corrected chi connectivity index (χ2v) is 6.19. The minimum absolute atomic E-state index is 0.0879. The molecule has 0 fully saturated rings. The zero-order chi connectivity index (χ0) is 16.8. The van der Waals surface area contributed by atoms with Crippen molar-refractivity contribution in [2.24, 2.45) is 16.6 Å². The maximum absolute atomic E-state index is 11.9. The molecule has 1 amide bonds. The van der Waals surface area contributed by atoms with E-state index in [9.17, 15) is 4.79 Å². The van der Waals surface area contributed by atoms with E-state index >= 15 is 0 Å². The Balaban J connectivity index is 2.98. The summed E-state index contributed by atoms with van der Waals surface area (Å²) in [5.74, 6) is 0.0879. The van der Waals surface area contributed by atoms with E-state index < -0.39 is 11.7 Å². The molecule has 1 aromatic carbocycles. The summed E-state index contributed by atoms with van der Waals surface area (Å²) in [7, 11) is 0. The molecule has 0 aliphatic carbocycles. The van der Waals surface area contributed by atoms with Crippen LogP contribution in [0, 0.1) is 5.92 Å². The average Bonchev–Trinajstić information content (AvgIpc) is 2.41. The lowest BCUT2D eigenvalue weighted by Crippen LogP contribution is -2.35. The molecule has 0 radical (unpaired) electrons. The van der Waals surface area contributed by atoms with Gasteiger partial charge in [0.1, 0.15) is 5.60 Å². The number of nitrogens with zero attached hydrogens (tertiary/aromatic N) is 1. The average molecular weight is 303 g/mol. The Morgan fingerprint density at radius 2 is 1.86 bits per heavy atom. The maximum Gasteiger partial charge on any atom is 0.412 e. The van der Waals surface area contributed by atoms with E-state index in [1.54, 1.807) is 20.8 Å². The topological polar surface area (TPSA) is 76.7 Å². The number of alkyl carbamates (subject to hydrolysis) is 1. The zero-order valence-corrected chi connectivity index (χ0v) is 13.9. The van der Waals surface area contributed by atoms with Gasteiger partial charge in [-0.25, -0.2) is 4.79 Å². The van der Waals surface area contributed by atoms with Gasteiger partial charge >= 0.3 is 6.09 Å². The van der Waals surface area contributed by atoms with Gasteiger partial charge in [-0.05, 0) is 38.8 Å². The molecular formula is C17H25N3O2. The van der Waals surface area contributed by atoms with Crippen LogP contribution in [0.1, 0.15) is 34.6 Å². The van der Waals surface area contributed by atoms with E-state index in [-0.39, 0.29) is 5.92 Å². The number of aliphatic imine (C=N–C) groups is 1. The number of ether oxygens (including phenoxy) is 1. The van der Waals surface area contributed by atoms with Crippen molar-refractivity contribution in [2.45, 2.75) is 40.2 Å². The molecule has 120 valence electrons. The van der Waals surface area contributed by atoms with Gasteiger partial charge in [-0.3, -0.25) is 10.3 Å². The Kier molecular flexibility index (Phi) is 6.16. The normalized spacial score (nSPS) is 13.2. The first kappa shape index (κ1) is 17.8. The van der Waals surface area contributed by atoms with Crippen LogP contribution < -0.4 is 11.1 Å². The van der Waals surface area contributed by atoms with Crippen LogP contribution in [-0.2, 0) is 4.74 Å². The van der Waals surface area contributed by atoms with E-state index in [2.05, 4.69) is 10.3 Å². The van der Waals surface area contributed by atoms with Crippen LogP contribution in [0.2, 0.25) is 0 Å². The summed E-state index contributed by atoms with van der Waals surface area (Å²) in [6.45, 7) is 9.39. The molecule has 0 atom stereocenters.